The Morgan fingerprint density at radius 2 is 1.76 bits per heavy atom. The first-order chi connectivity index (χ1) is 10.1. The second kappa shape index (κ2) is 7.54. The molecule has 21 heavy (non-hydrogen) atoms. The minimum Gasteiger partial charge on any atom is -0.468 e. The van der Waals surface area contributed by atoms with E-state index in [-0.39, 0.29) is 5.97 Å². The molecule has 0 amide bonds. The molecule has 0 saturated carbocycles. The summed E-state index contributed by atoms with van der Waals surface area (Å²) in [6, 6.07) is 17.7. The third kappa shape index (κ3) is 4.26. The largest absolute Gasteiger partial charge is 0.468 e. The quantitative estimate of drug-likeness (QED) is 0.486. The van der Waals surface area contributed by atoms with Crippen molar-refractivity contribution in [2.24, 2.45) is 0 Å². The summed E-state index contributed by atoms with van der Waals surface area (Å²) in [5.41, 5.74) is 1.87. The summed E-state index contributed by atoms with van der Waals surface area (Å²) in [6.45, 7) is 0. The summed E-state index contributed by atoms with van der Waals surface area (Å²) in [4.78, 5) is 12.0. The zero-order chi connectivity index (χ0) is 15.2. The monoisotopic (exact) mass is 332 g/mol. The number of hydrogen-bond donors (Lipinski definition) is 0. The number of rotatable bonds is 4. The first-order valence-corrected chi connectivity index (χ1v) is 8.81. The Bertz CT molecular complexity index is 626. The van der Waals surface area contributed by atoms with E-state index in [9.17, 15) is 4.79 Å². The molecule has 1 unspecified atom stereocenters. The topological polar surface area (TPSA) is 26.3 Å². The van der Waals surface area contributed by atoms with E-state index < -0.39 is 5.25 Å². The molecule has 0 aromatic heterocycles. The number of thioether (sulfide) groups is 1. The molecule has 0 radical (unpaired) electrons. The number of esters is 1. The smallest absolute Gasteiger partial charge is 0.323 e. The highest BCUT2D eigenvalue weighted by Crippen LogP contribution is 2.33. The van der Waals surface area contributed by atoms with Gasteiger partial charge in [-0.15, -0.1) is 0 Å². The van der Waals surface area contributed by atoms with Gasteiger partial charge in [0.05, 0.1) is 11.3 Å². The normalized spacial score (nSPS) is 11.9. The average molecular weight is 333 g/mol. The van der Waals surface area contributed by atoms with Crippen molar-refractivity contribution >= 4 is 49.6 Å². The van der Waals surface area contributed by atoms with E-state index in [1.807, 2.05) is 42.5 Å². The number of hydrogen-bond acceptors (Lipinski definition) is 4. The van der Waals surface area contributed by atoms with Gasteiger partial charge >= 0.3 is 5.97 Å². The van der Waals surface area contributed by atoms with E-state index in [4.69, 9.17) is 17.0 Å². The molecule has 0 spiro atoms. The Hall–Kier alpha value is -1.43. The molecule has 108 valence electrons. The van der Waals surface area contributed by atoms with Gasteiger partial charge in [-0.05, 0) is 11.1 Å². The van der Waals surface area contributed by atoms with E-state index in [1.54, 1.807) is 0 Å². The lowest BCUT2D eigenvalue weighted by molar-refractivity contribution is -0.140. The van der Waals surface area contributed by atoms with Crippen LogP contribution in [0, 0.1) is 0 Å². The van der Waals surface area contributed by atoms with Crippen molar-refractivity contribution in [1.82, 2.24) is 0 Å². The summed E-state index contributed by atoms with van der Waals surface area (Å²) >= 11 is 6.83. The molecule has 0 fully saturated rings. The summed E-state index contributed by atoms with van der Waals surface area (Å²) in [6.07, 6.45) is 0. The molecule has 5 heteroatoms. The van der Waals surface area contributed by atoms with Crippen LogP contribution in [0.2, 0.25) is 0 Å². The Morgan fingerprint density at radius 3 is 2.33 bits per heavy atom. The molecule has 2 aromatic rings. The van der Waals surface area contributed by atoms with Crippen molar-refractivity contribution in [1.29, 1.82) is 0 Å². The van der Waals surface area contributed by atoms with Gasteiger partial charge in [0.25, 0.3) is 0 Å². The van der Waals surface area contributed by atoms with Gasteiger partial charge in [0.1, 0.15) is 5.25 Å². The van der Waals surface area contributed by atoms with Crippen LogP contribution in [0.15, 0.2) is 54.6 Å². The number of ether oxygens (including phenoxy) is 1. The highest BCUT2D eigenvalue weighted by Gasteiger charge is 2.24. The lowest BCUT2D eigenvalue weighted by Crippen LogP contribution is -2.13. The predicted molar refractivity (Wildman–Crippen MR) is 96.5 cm³/mol. The summed E-state index contributed by atoms with van der Waals surface area (Å²) in [5.74, 6) is -0.284. The standard InChI is InChI=1S/C16H16O2S2Si/c1-18-15(17)14(11-5-3-2-4-6-11)20-16(19)12-7-9-13(21)10-8-12/h2-10,14H,1,21H3. The van der Waals surface area contributed by atoms with Crippen molar-refractivity contribution in [3.8, 4) is 0 Å². The van der Waals surface area contributed by atoms with Gasteiger partial charge in [0.2, 0.25) is 0 Å². The van der Waals surface area contributed by atoms with Gasteiger partial charge in [-0.2, -0.15) is 0 Å². The van der Waals surface area contributed by atoms with Crippen LogP contribution in [-0.2, 0) is 9.53 Å². The molecule has 0 heterocycles. The first kappa shape index (κ1) is 15.9. The van der Waals surface area contributed by atoms with Crippen LogP contribution >= 0.6 is 24.0 Å². The summed E-state index contributed by atoms with van der Waals surface area (Å²) in [5, 5.41) is 0.888. The van der Waals surface area contributed by atoms with Gasteiger partial charge in [-0.1, -0.05) is 83.8 Å². The molecule has 0 aliphatic heterocycles. The van der Waals surface area contributed by atoms with Crippen molar-refractivity contribution in [3.05, 3.63) is 65.7 Å². The number of carbonyl (C=O) groups excluding carboxylic acids is 1. The van der Waals surface area contributed by atoms with Gasteiger partial charge in [-0.3, -0.25) is 4.79 Å². The Morgan fingerprint density at radius 1 is 1.14 bits per heavy atom. The van der Waals surface area contributed by atoms with Crippen LogP contribution in [-0.4, -0.2) is 27.5 Å². The molecule has 0 saturated heterocycles. The third-order valence-electron chi connectivity index (χ3n) is 3.03. The van der Waals surface area contributed by atoms with E-state index >= 15 is 0 Å². The number of carbonyl (C=O) groups is 1. The Kier molecular flexibility index (Phi) is 5.73. The summed E-state index contributed by atoms with van der Waals surface area (Å²) in [7, 11) is 2.42. The number of thiocarbonyl (C=S) groups is 1. The Labute approximate surface area is 137 Å². The maximum Gasteiger partial charge on any atom is 0.323 e. The first-order valence-electron chi connectivity index (χ1n) is 6.52. The van der Waals surface area contributed by atoms with Crippen LogP contribution in [0.5, 0.6) is 0 Å². The average Bonchev–Trinajstić information content (AvgIpc) is 2.53. The highest BCUT2D eigenvalue weighted by atomic mass is 32.2. The molecule has 0 N–H and O–H groups in total. The second-order valence-corrected chi connectivity index (χ2v) is 7.52. The van der Waals surface area contributed by atoms with Crippen molar-refractivity contribution in [2.75, 3.05) is 7.11 Å². The summed E-state index contributed by atoms with van der Waals surface area (Å²) < 4.78 is 5.61. The molecule has 2 rings (SSSR count). The van der Waals surface area contributed by atoms with Crippen LogP contribution in [0.3, 0.4) is 0 Å². The minimum absolute atomic E-state index is 0.284. The molecule has 2 aromatic carbocycles. The molecule has 0 aliphatic rings. The van der Waals surface area contributed by atoms with Crippen LogP contribution in [0.4, 0.5) is 0 Å². The fourth-order valence-corrected chi connectivity index (χ4v) is 3.58. The van der Waals surface area contributed by atoms with E-state index in [0.717, 1.165) is 21.4 Å². The molecule has 0 bridgehead atoms. The highest BCUT2D eigenvalue weighted by molar-refractivity contribution is 8.24. The van der Waals surface area contributed by atoms with Gasteiger partial charge in [0.15, 0.2) is 0 Å². The van der Waals surface area contributed by atoms with Gasteiger partial charge in [-0.25, -0.2) is 0 Å². The Balaban J connectivity index is 2.21. The molecule has 2 nitrogen and oxygen atoms in total. The fourth-order valence-electron chi connectivity index (χ4n) is 1.85. The third-order valence-corrected chi connectivity index (χ3v) is 5.37. The zero-order valence-electron chi connectivity index (χ0n) is 11.9. The maximum absolute atomic E-state index is 12.0. The minimum atomic E-state index is -0.431. The van der Waals surface area contributed by atoms with E-state index in [0.29, 0.717) is 4.20 Å². The molecular formula is C16H16O2S2Si. The zero-order valence-corrected chi connectivity index (χ0v) is 15.5. The van der Waals surface area contributed by atoms with Crippen molar-refractivity contribution < 1.29 is 9.53 Å². The number of methoxy groups -OCH3 is 1. The van der Waals surface area contributed by atoms with Crippen LogP contribution in [0.1, 0.15) is 16.4 Å². The maximum atomic E-state index is 12.0. The molecule has 1 atom stereocenters. The van der Waals surface area contributed by atoms with Gasteiger partial charge < -0.3 is 4.74 Å². The SMILES string of the molecule is COC(=O)C(SC(=S)c1ccc([SiH3])cc1)c1ccccc1. The molecular weight excluding hydrogens is 316 g/mol. The fraction of sp³-hybridized carbons (Fsp3) is 0.125. The lowest BCUT2D eigenvalue weighted by Gasteiger charge is -2.15. The van der Waals surface area contributed by atoms with Crippen LogP contribution in [0.25, 0.3) is 0 Å². The number of benzene rings is 2. The lowest BCUT2D eigenvalue weighted by atomic mass is 10.1. The van der Waals surface area contributed by atoms with E-state index in [2.05, 4.69) is 12.1 Å². The van der Waals surface area contributed by atoms with Crippen LogP contribution < -0.4 is 5.19 Å². The predicted octanol–water partition coefficient (Wildman–Crippen LogP) is 2.00. The van der Waals surface area contributed by atoms with Crippen molar-refractivity contribution in [3.63, 3.8) is 0 Å². The van der Waals surface area contributed by atoms with Crippen molar-refractivity contribution in [2.45, 2.75) is 5.25 Å². The van der Waals surface area contributed by atoms with E-state index in [1.165, 1.54) is 24.1 Å². The van der Waals surface area contributed by atoms with Gasteiger partial charge in [0, 0.05) is 10.2 Å². The molecule has 0 aliphatic carbocycles. The second-order valence-electron chi connectivity index (χ2n) is 4.59.